The van der Waals surface area contributed by atoms with Crippen LogP contribution in [-0.2, 0) is 23.9 Å². The molecule has 0 aliphatic carbocycles. The molecule has 36 heavy (non-hydrogen) atoms. The number of dihydropyridines is 1. The Bertz CT molecular complexity index is 1230. The molecule has 2 aromatic rings. The molecular formula is C26H31N3O7. The molecule has 10 heteroatoms. The molecule has 1 aliphatic heterocycles. The molecule has 0 saturated heterocycles. The number of nitrogens with two attached hydrogens (primary N) is 1. The normalized spacial score (nSPS) is 16.2. The lowest BCUT2D eigenvalue weighted by atomic mass is 9.80. The van der Waals surface area contributed by atoms with Crippen LogP contribution in [0.15, 0.2) is 63.4 Å². The summed E-state index contributed by atoms with van der Waals surface area (Å²) in [5, 5.41) is 3.09. The van der Waals surface area contributed by atoms with E-state index in [4.69, 9.17) is 24.4 Å². The first kappa shape index (κ1) is 26.4. The summed E-state index contributed by atoms with van der Waals surface area (Å²) in [4.78, 5) is 39.7. The largest absolute Gasteiger partial charge is 0.483 e. The second-order valence-electron chi connectivity index (χ2n) is 8.54. The molecule has 0 spiro atoms. The number of methoxy groups -OCH3 is 1. The van der Waals surface area contributed by atoms with Crippen molar-refractivity contribution in [3.05, 3.63) is 70.3 Å². The van der Waals surface area contributed by atoms with Crippen LogP contribution in [0.4, 0.5) is 5.88 Å². The maximum atomic E-state index is 13.6. The Labute approximate surface area is 209 Å². The number of ether oxygens (including phenoxy) is 3. The quantitative estimate of drug-likeness (QED) is 0.502. The lowest BCUT2D eigenvalue weighted by Gasteiger charge is -2.31. The Morgan fingerprint density at radius 1 is 1.06 bits per heavy atom. The van der Waals surface area contributed by atoms with Crippen LogP contribution in [0.25, 0.3) is 0 Å². The van der Waals surface area contributed by atoms with Gasteiger partial charge < -0.3 is 34.6 Å². The predicted molar refractivity (Wildman–Crippen MR) is 132 cm³/mol. The first-order valence-corrected chi connectivity index (χ1v) is 11.3. The molecule has 2 heterocycles. The number of nitrogens with zero attached hydrogens (tertiary/aromatic N) is 1. The molecule has 0 saturated carbocycles. The Hall–Kier alpha value is -4.21. The summed E-state index contributed by atoms with van der Waals surface area (Å²) in [6, 6.07) is 10.3. The van der Waals surface area contributed by atoms with Crippen LogP contribution in [0.1, 0.15) is 44.1 Å². The van der Waals surface area contributed by atoms with Gasteiger partial charge in [-0.05, 0) is 32.9 Å². The number of furan rings is 1. The van der Waals surface area contributed by atoms with Crippen molar-refractivity contribution in [2.24, 2.45) is 5.73 Å². The van der Waals surface area contributed by atoms with Crippen molar-refractivity contribution in [1.29, 1.82) is 0 Å². The van der Waals surface area contributed by atoms with Crippen LogP contribution in [0.3, 0.4) is 0 Å². The third-order valence-corrected chi connectivity index (χ3v) is 5.72. The zero-order valence-electron chi connectivity index (χ0n) is 21.2. The minimum atomic E-state index is -0.892. The fourth-order valence-electron chi connectivity index (χ4n) is 4.04. The lowest BCUT2D eigenvalue weighted by Crippen LogP contribution is -2.33. The van der Waals surface area contributed by atoms with Gasteiger partial charge >= 0.3 is 11.9 Å². The highest BCUT2D eigenvalue weighted by Crippen LogP contribution is 2.43. The van der Waals surface area contributed by atoms with Gasteiger partial charge in [-0.15, -0.1) is 0 Å². The topological polar surface area (TPSA) is 133 Å². The number of anilines is 1. The summed E-state index contributed by atoms with van der Waals surface area (Å²) in [7, 11) is 4.94. The van der Waals surface area contributed by atoms with E-state index < -0.39 is 29.9 Å². The van der Waals surface area contributed by atoms with Gasteiger partial charge in [0, 0.05) is 37.1 Å². The summed E-state index contributed by atoms with van der Waals surface area (Å²) >= 11 is 0. The number of esters is 2. The molecule has 2 atom stereocenters. The smallest absolute Gasteiger partial charge is 0.337 e. The Kier molecular flexibility index (Phi) is 8.08. The summed E-state index contributed by atoms with van der Waals surface area (Å²) in [6.07, 6.45) is -0.706. The summed E-state index contributed by atoms with van der Waals surface area (Å²) in [5.41, 5.74) is 7.17. The Morgan fingerprint density at radius 3 is 2.28 bits per heavy atom. The van der Waals surface area contributed by atoms with Crippen LogP contribution in [0.2, 0.25) is 0 Å². The van der Waals surface area contributed by atoms with Gasteiger partial charge in [0.15, 0.2) is 18.6 Å². The van der Waals surface area contributed by atoms with Crippen LogP contribution in [0, 0.1) is 0 Å². The van der Waals surface area contributed by atoms with Gasteiger partial charge in [0.1, 0.15) is 11.5 Å². The van der Waals surface area contributed by atoms with Crippen molar-refractivity contribution < 1.29 is 33.0 Å². The van der Waals surface area contributed by atoms with Crippen molar-refractivity contribution in [3.63, 3.8) is 0 Å². The SMILES string of the molecule is COC(=O)C1=C(C)NC(C)=C(C(=O)OC(C)c2ccc(N(C)C)o2)C1c1ccccc1OCC(N)=O. The second-order valence-corrected chi connectivity index (χ2v) is 8.54. The van der Waals surface area contributed by atoms with Crippen molar-refractivity contribution in [3.8, 4) is 5.75 Å². The minimum absolute atomic E-state index is 0.197. The average molecular weight is 498 g/mol. The zero-order chi connectivity index (χ0) is 26.6. The third-order valence-electron chi connectivity index (χ3n) is 5.72. The van der Waals surface area contributed by atoms with Gasteiger partial charge in [-0.25, -0.2) is 9.59 Å². The predicted octanol–water partition coefficient (Wildman–Crippen LogP) is 2.92. The van der Waals surface area contributed by atoms with Gasteiger partial charge in [0.05, 0.1) is 24.2 Å². The Morgan fingerprint density at radius 2 is 1.69 bits per heavy atom. The number of nitrogens with one attached hydrogen (secondary N) is 1. The summed E-state index contributed by atoms with van der Waals surface area (Å²) < 4.78 is 22.2. The van der Waals surface area contributed by atoms with E-state index >= 15 is 0 Å². The van der Waals surface area contributed by atoms with Gasteiger partial charge in [0.2, 0.25) is 0 Å². The number of benzene rings is 1. The number of carbonyl (C=O) groups excluding carboxylic acids is 3. The summed E-state index contributed by atoms with van der Waals surface area (Å²) in [6.45, 7) is 4.76. The van der Waals surface area contributed by atoms with E-state index in [-0.39, 0.29) is 17.8 Å². The summed E-state index contributed by atoms with van der Waals surface area (Å²) in [5.74, 6) is -1.45. The first-order chi connectivity index (χ1) is 17.0. The van der Waals surface area contributed by atoms with E-state index in [0.717, 1.165) is 0 Å². The van der Waals surface area contributed by atoms with E-state index in [2.05, 4.69) is 5.32 Å². The molecule has 192 valence electrons. The highest BCUT2D eigenvalue weighted by atomic mass is 16.6. The van der Waals surface area contributed by atoms with E-state index in [1.165, 1.54) is 7.11 Å². The third kappa shape index (κ3) is 5.54. The van der Waals surface area contributed by atoms with Gasteiger partial charge in [-0.1, -0.05) is 18.2 Å². The number of para-hydroxylation sites is 1. The lowest BCUT2D eigenvalue weighted by molar-refractivity contribution is -0.145. The Balaban J connectivity index is 2.05. The van der Waals surface area contributed by atoms with Gasteiger partial charge in [-0.2, -0.15) is 0 Å². The number of rotatable bonds is 9. The molecule has 1 aliphatic rings. The fourth-order valence-corrected chi connectivity index (χ4v) is 4.04. The van der Waals surface area contributed by atoms with Crippen molar-refractivity contribution in [2.45, 2.75) is 32.8 Å². The average Bonchev–Trinajstić information content (AvgIpc) is 3.33. The van der Waals surface area contributed by atoms with E-state index in [0.29, 0.717) is 34.4 Å². The van der Waals surface area contributed by atoms with Crippen molar-refractivity contribution in [2.75, 3.05) is 32.7 Å². The van der Waals surface area contributed by atoms with E-state index in [9.17, 15) is 14.4 Å². The van der Waals surface area contributed by atoms with E-state index in [1.807, 2.05) is 14.1 Å². The molecule has 3 N–H and O–H groups in total. The fraction of sp³-hybridized carbons (Fsp3) is 0.346. The van der Waals surface area contributed by atoms with Crippen LogP contribution >= 0.6 is 0 Å². The minimum Gasteiger partial charge on any atom is -0.483 e. The highest BCUT2D eigenvalue weighted by Gasteiger charge is 2.39. The first-order valence-electron chi connectivity index (χ1n) is 11.3. The number of hydrogen-bond acceptors (Lipinski definition) is 9. The molecule has 0 fully saturated rings. The zero-order valence-corrected chi connectivity index (χ0v) is 21.2. The number of allylic oxidation sites excluding steroid dienone is 2. The number of amides is 1. The number of hydrogen-bond donors (Lipinski definition) is 2. The van der Waals surface area contributed by atoms with Crippen LogP contribution in [0.5, 0.6) is 5.75 Å². The molecule has 0 bridgehead atoms. The van der Waals surface area contributed by atoms with Crippen molar-refractivity contribution >= 4 is 23.7 Å². The number of primary amides is 1. The molecule has 3 rings (SSSR count). The van der Waals surface area contributed by atoms with Gasteiger partial charge in [0.25, 0.3) is 5.91 Å². The molecular weight excluding hydrogens is 466 g/mol. The molecule has 1 aromatic heterocycles. The highest BCUT2D eigenvalue weighted by molar-refractivity contribution is 6.00. The molecule has 0 radical (unpaired) electrons. The number of carbonyl (C=O) groups is 3. The molecule has 10 nitrogen and oxygen atoms in total. The molecule has 1 amide bonds. The second kappa shape index (κ2) is 11.0. The molecule has 1 aromatic carbocycles. The van der Waals surface area contributed by atoms with Crippen LogP contribution in [-0.4, -0.2) is 45.7 Å². The standard InChI is InChI=1S/C26H31N3O7/c1-14-22(25(31)33-6)24(17-9-7-8-10-19(17)34-13-20(27)30)23(15(2)28-14)26(32)35-16(3)18-11-12-21(36-18)29(4)5/h7-12,16,24,28H,13H2,1-6H3,(H2,27,30). The maximum absolute atomic E-state index is 13.6. The maximum Gasteiger partial charge on any atom is 0.337 e. The van der Waals surface area contributed by atoms with E-state index in [1.54, 1.807) is 62.1 Å². The van der Waals surface area contributed by atoms with Crippen molar-refractivity contribution in [1.82, 2.24) is 5.32 Å². The molecule has 2 unspecified atom stereocenters. The van der Waals surface area contributed by atoms with Crippen LogP contribution < -0.4 is 20.7 Å². The van der Waals surface area contributed by atoms with Gasteiger partial charge in [-0.3, -0.25) is 4.79 Å². The monoisotopic (exact) mass is 497 g/mol.